The normalized spacial score (nSPS) is 11.6. The number of carbonyl (C=O) groups excluding carboxylic acids is 1. The zero-order valence-corrected chi connectivity index (χ0v) is 6.55. The van der Waals surface area contributed by atoms with Gasteiger partial charge in [-0.1, -0.05) is 0 Å². The Kier molecular flexibility index (Phi) is 4.54. The molecule has 0 aromatic heterocycles. The van der Waals surface area contributed by atoms with Gasteiger partial charge < -0.3 is 10.5 Å². The van der Waals surface area contributed by atoms with E-state index in [9.17, 15) is 4.79 Å². The SMILES string of the molecule is CC(=O)CCCN=C(C)N. The number of hydrogen-bond acceptors (Lipinski definition) is 2. The van der Waals surface area contributed by atoms with Crippen molar-refractivity contribution in [2.75, 3.05) is 6.54 Å². The molecule has 0 fully saturated rings. The van der Waals surface area contributed by atoms with E-state index in [0.717, 1.165) is 6.42 Å². The van der Waals surface area contributed by atoms with E-state index in [0.29, 0.717) is 18.8 Å². The molecule has 0 aliphatic carbocycles. The van der Waals surface area contributed by atoms with Gasteiger partial charge in [0.15, 0.2) is 0 Å². The highest BCUT2D eigenvalue weighted by atomic mass is 16.1. The van der Waals surface area contributed by atoms with Gasteiger partial charge in [-0.2, -0.15) is 0 Å². The summed E-state index contributed by atoms with van der Waals surface area (Å²) in [5, 5.41) is 0. The zero-order chi connectivity index (χ0) is 7.98. The lowest BCUT2D eigenvalue weighted by Crippen LogP contribution is -2.06. The van der Waals surface area contributed by atoms with Gasteiger partial charge in [-0.25, -0.2) is 0 Å². The fraction of sp³-hybridized carbons (Fsp3) is 0.714. The fourth-order valence-electron chi connectivity index (χ4n) is 0.583. The minimum atomic E-state index is 0.213. The van der Waals surface area contributed by atoms with Crippen molar-refractivity contribution in [3.63, 3.8) is 0 Å². The minimum absolute atomic E-state index is 0.213. The molecule has 0 heterocycles. The molecule has 58 valence electrons. The average molecular weight is 142 g/mol. The second-order valence-electron chi connectivity index (χ2n) is 2.33. The molecular formula is C7H14N2O. The highest BCUT2D eigenvalue weighted by Crippen LogP contribution is 1.89. The first-order chi connectivity index (χ1) is 4.63. The van der Waals surface area contributed by atoms with Crippen molar-refractivity contribution in [3.05, 3.63) is 0 Å². The Balaban J connectivity index is 3.21. The highest BCUT2D eigenvalue weighted by molar-refractivity contribution is 5.77. The van der Waals surface area contributed by atoms with Crippen molar-refractivity contribution >= 4 is 11.6 Å². The number of nitrogens with zero attached hydrogens (tertiary/aromatic N) is 1. The van der Waals surface area contributed by atoms with Crippen LogP contribution in [-0.2, 0) is 4.79 Å². The number of amidine groups is 1. The van der Waals surface area contributed by atoms with Gasteiger partial charge in [0.25, 0.3) is 0 Å². The third-order valence-corrected chi connectivity index (χ3v) is 1.05. The predicted molar refractivity (Wildman–Crippen MR) is 42.1 cm³/mol. The van der Waals surface area contributed by atoms with Crippen molar-refractivity contribution in [3.8, 4) is 0 Å². The van der Waals surface area contributed by atoms with E-state index in [1.54, 1.807) is 13.8 Å². The standard InChI is InChI=1S/C7H14N2O/c1-6(10)4-3-5-9-7(2)8/h3-5H2,1-2H3,(H2,8,9). The lowest BCUT2D eigenvalue weighted by atomic mass is 10.2. The van der Waals surface area contributed by atoms with Gasteiger partial charge in [-0.15, -0.1) is 0 Å². The zero-order valence-electron chi connectivity index (χ0n) is 6.55. The summed E-state index contributed by atoms with van der Waals surface area (Å²) < 4.78 is 0. The minimum Gasteiger partial charge on any atom is -0.388 e. The van der Waals surface area contributed by atoms with Crippen LogP contribution in [0.5, 0.6) is 0 Å². The van der Waals surface area contributed by atoms with E-state index < -0.39 is 0 Å². The van der Waals surface area contributed by atoms with E-state index in [1.165, 1.54) is 0 Å². The first-order valence-electron chi connectivity index (χ1n) is 3.39. The lowest BCUT2D eigenvalue weighted by molar-refractivity contribution is -0.117. The predicted octanol–water partition coefficient (Wildman–Crippen LogP) is 0.733. The van der Waals surface area contributed by atoms with Crippen LogP contribution in [0, 0.1) is 0 Å². The van der Waals surface area contributed by atoms with Crippen LogP contribution >= 0.6 is 0 Å². The third kappa shape index (κ3) is 7.14. The van der Waals surface area contributed by atoms with Crippen molar-refractivity contribution in [2.24, 2.45) is 10.7 Å². The monoisotopic (exact) mass is 142 g/mol. The summed E-state index contributed by atoms with van der Waals surface area (Å²) >= 11 is 0. The van der Waals surface area contributed by atoms with E-state index in [4.69, 9.17) is 5.73 Å². The molecule has 10 heavy (non-hydrogen) atoms. The smallest absolute Gasteiger partial charge is 0.129 e. The molecule has 0 unspecified atom stereocenters. The number of ketones is 1. The summed E-state index contributed by atoms with van der Waals surface area (Å²) in [5.74, 6) is 0.799. The molecule has 3 nitrogen and oxygen atoms in total. The Bertz CT molecular complexity index is 137. The van der Waals surface area contributed by atoms with Crippen molar-refractivity contribution in [1.82, 2.24) is 0 Å². The maximum absolute atomic E-state index is 10.4. The molecule has 0 spiro atoms. The number of carbonyl (C=O) groups is 1. The molecule has 3 heteroatoms. The molecule has 0 rings (SSSR count). The number of hydrogen-bond donors (Lipinski definition) is 1. The second-order valence-corrected chi connectivity index (χ2v) is 2.33. The highest BCUT2D eigenvalue weighted by Gasteiger charge is 1.90. The van der Waals surface area contributed by atoms with E-state index in [2.05, 4.69) is 4.99 Å². The van der Waals surface area contributed by atoms with Gasteiger partial charge in [0.05, 0.1) is 5.84 Å². The first-order valence-corrected chi connectivity index (χ1v) is 3.39. The Labute approximate surface area is 61.3 Å². The van der Waals surface area contributed by atoms with Gasteiger partial charge in [0, 0.05) is 13.0 Å². The van der Waals surface area contributed by atoms with Crippen molar-refractivity contribution < 1.29 is 4.79 Å². The van der Waals surface area contributed by atoms with E-state index in [1.807, 2.05) is 0 Å². The molecule has 2 N–H and O–H groups in total. The maximum atomic E-state index is 10.4. The molecule has 0 amide bonds. The summed E-state index contributed by atoms with van der Waals surface area (Å²) in [6.45, 7) is 3.99. The molecule has 0 aromatic rings. The van der Waals surface area contributed by atoms with Crippen molar-refractivity contribution in [2.45, 2.75) is 26.7 Å². The summed E-state index contributed by atoms with van der Waals surface area (Å²) in [4.78, 5) is 14.3. The van der Waals surface area contributed by atoms with E-state index in [-0.39, 0.29) is 5.78 Å². The quantitative estimate of drug-likeness (QED) is 0.357. The van der Waals surface area contributed by atoms with Crippen LogP contribution in [0.15, 0.2) is 4.99 Å². The largest absolute Gasteiger partial charge is 0.388 e. The third-order valence-electron chi connectivity index (χ3n) is 1.05. The maximum Gasteiger partial charge on any atom is 0.129 e. The summed E-state index contributed by atoms with van der Waals surface area (Å²) in [6, 6.07) is 0. The van der Waals surface area contributed by atoms with Crippen LogP contribution in [0.2, 0.25) is 0 Å². The van der Waals surface area contributed by atoms with Crippen LogP contribution < -0.4 is 5.73 Å². The fourth-order valence-corrected chi connectivity index (χ4v) is 0.583. The summed E-state index contributed by atoms with van der Waals surface area (Å²) in [6.07, 6.45) is 1.42. The molecular weight excluding hydrogens is 128 g/mol. The lowest BCUT2D eigenvalue weighted by Gasteiger charge is -1.92. The first kappa shape index (κ1) is 9.14. The summed E-state index contributed by atoms with van der Waals surface area (Å²) in [7, 11) is 0. The van der Waals surface area contributed by atoms with Crippen molar-refractivity contribution in [1.29, 1.82) is 0 Å². The Hall–Kier alpha value is -0.860. The van der Waals surface area contributed by atoms with Gasteiger partial charge in [0.1, 0.15) is 5.78 Å². The Morgan fingerprint density at radius 2 is 2.10 bits per heavy atom. The van der Waals surface area contributed by atoms with Crippen LogP contribution in [0.25, 0.3) is 0 Å². The van der Waals surface area contributed by atoms with Gasteiger partial charge in [-0.05, 0) is 20.3 Å². The average Bonchev–Trinajstić information content (AvgIpc) is 1.79. The molecule has 0 saturated carbocycles. The topological polar surface area (TPSA) is 55.5 Å². The Morgan fingerprint density at radius 3 is 2.50 bits per heavy atom. The number of aliphatic imine (C=N–C) groups is 1. The molecule has 0 atom stereocenters. The van der Waals surface area contributed by atoms with Gasteiger partial charge in [0.2, 0.25) is 0 Å². The molecule has 0 aliphatic rings. The van der Waals surface area contributed by atoms with Gasteiger partial charge >= 0.3 is 0 Å². The Morgan fingerprint density at radius 1 is 1.50 bits per heavy atom. The molecule has 0 bridgehead atoms. The molecule has 0 radical (unpaired) electrons. The van der Waals surface area contributed by atoms with E-state index >= 15 is 0 Å². The van der Waals surface area contributed by atoms with Crippen LogP contribution in [0.3, 0.4) is 0 Å². The molecule has 0 aliphatic heterocycles. The van der Waals surface area contributed by atoms with Gasteiger partial charge in [-0.3, -0.25) is 4.99 Å². The molecule has 0 saturated heterocycles. The summed E-state index contributed by atoms with van der Waals surface area (Å²) in [5.41, 5.74) is 5.27. The number of nitrogens with two attached hydrogens (primary N) is 1. The number of rotatable bonds is 4. The van der Waals surface area contributed by atoms with Crippen LogP contribution in [0.4, 0.5) is 0 Å². The molecule has 0 aromatic carbocycles. The van der Waals surface area contributed by atoms with Crippen LogP contribution in [-0.4, -0.2) is 18.2 Å². The van der Waals surface area contributed by atoms with Crippen LogP contribution in [0.1, 0.15) is 26.7 Å². The second kappa shape index (κ2) is 4.97. The number of Topliss-reactive ketones (excluding diaryl/α,β-unsaturated/α-hetero) is 1.